The number of nitrogens with zero attached hydrogens (tertiary/aromatic N) is 5. The second-order valence-electron chi connectivity index (χ2n) is 8.65. The van der Waals surface area contributed by atoms with Crippen molar-refractivity contribution >= 4 is 29.0 Å². The Bertz CT molecular complexity index is 1160. The Morgan fingerprint density at radius 3 is 2.26 bits per heavy atom. The number of benzene rings is 1. The van der Waals surface area contributed by atoms with Crippen LogP contribution in [0.1, 0.15) is 49.6 Å². The molecule has 0 saturated carbocycles. The van der Waals surface area contributed by atoms with E-state index in [0.29, 0.717) is 24.2 Å². The normalized spacial score (nSPS) is 13.6. The van der Waals surface area contributed by atoms with Crippen molar-refractivity contribution in [1.82, 2.24) is 19.7 Å². The Balaban J connectivity index is 1.41. The van der Waals surface area contributed by atoms with Crippen molar-refractivity contribution in [3.05, 3.63) is 53.6 Å². The van der Waals surface area contributed by atoms with Crippen molar-refractivity contribution in [2.24, 2.45) is 0 Å². The van der Waals surface area contributed by atoms with E-state index in [-0.39, 0.29) is 11.8 Å². The highest BCUT2D eigenvalue weighted by Crippen LogP contribution is 2.22. The van der Waals surface area contributed by atoms with Gasteiger partial charge in [-0.25, -0.2) is 14.6 Å². The van der Waals surface area contributed by atoms with Crippen LogP contribution in [0.25, 0.3) is 5.82 Å². The van der Waals surface area contributed by atoms with E-state index in [1.54, 1.807) is 30.6 Å². The lowest BCUT2D eigenvalue weighted by Gasteiger charge is -2.27. The van der Waals surface area contributed by atoms with Crippen LogP contribution in [0.3, 0.4) is 0 Å². The molecule has 4 rings (SSSR count). The van der Waals surface area contributed by atoms with Gasteiger partial charge < -0.3 is 15.5 Å². The molecule has 34 heavy (non-hydrogen) atoms. The molecule has 1 saturated heterocycles. The first-order chi connectivity index (χ1) is 16.4. The molecule has 2 aromatic heterocycles. The molecule has 0 radical (unpaired) electrons. The minimum absolute atomic E-state index is 0.0757. The van der Waals surface area contributed by atoms with E-state index in [1.165, 1.54) is 26.2 Å². The molecule has 1 aliphatic heterocycles. The minimum Gasteiger partial charge on any atom is -0.356 e. The summed E-state index contributed by atoms with van der Waals surface area (Å²) in [6, 6.07) is 9.05. The summed E-state index contributed by atoms with van der Waals surface area (Å²) in [5.74, 6) is 1.47. The number of rotatable bonds is 7. The maximum absolute atomic E-state index is 12.5. The molecule has 0 unspecified atom stereocenters. The molecule has 3 aromatic rings. The number of piperidine rings is 1. The van der Waals surface area contributed by atoms with Crippen molar-refractivity contribution in [3.63, 3.8) is 0 Å². The third-order valence-corrected chi connectivity index (χ3v) is 6.07. The number of carbonyl (C=O) groups excluding carboxylic acids is 2. The number of aryl methyl sites for hydroxylation is 1. The van der Waals surface area contributed by atoms with Crippen LogP contribution in [0.2, 0.25) is 0 Å². The average molecular weight is 462 g/mol. The minimum atomic E-state index is -0.132. The summed E-state index contributed by atoms with van der Waals surface area (Å²) in [6.07, 6.45) is 6.15. The Hall–Kier alpha value is -3.75. The van der Waals surface area contributed by atoms with Crippen LogP contribution in [0, 0.1) is 13.8 Å². The average Bonchev–Trinajstić information content (AvgIpc) is 3.12. The quantitative estimate of drug-likeness (QED) is 0.555. The number of aromatic nitrogens is 4. The number of nitrogens with one attached hydrogen (secondary N) is 2. The lowest BCUT2D eigenvalue weighted by Crippen LogP contribution is -2.30. The Morgan fingerprint density at radius 1 is 0.941 bits per heavy atom. The Labute approximate surface area is 199 Å². The van der Waals surface area contributed by atoms with Crippen molar-refractivity contribution in [2.75, 3.05) is 28.6 Å². The molecule has 1 fully saturated rings. The van der Waals surface area contributed by atoms with Crippen molar-refractivity contribution in [2.45, 2.75) is 52.9 Å². The molecule has 178 valence electrons. The summed E-state index contributed by atoms with van der Waals surface area (Å²) in [4.78, 5) is 34.9. The van der Waals surface area contributed by atoms with Gasteiger partial charge in [0.1, 0.15) is 12.1 Å². The highest BCUT2D eigenvalue weighted by molar-refractivity contribution is 5.92. The van der Waals surface area contributed by atoms with Gasteiger partial charge >= 0.3 is 0 Å². The fourth-order valence-electron chi connectivity index (χ4n) is 4.31. The van der Waals surface area contributed by atoms with Crippen molar-refractivity contribution in [1.29, 1.82) is 0 Å². The Kier molecular flexibility index (Phi) is 7.20. The standard InChI is InChI=1S/C25H31N7O2/c1-17-22(11-12-25(34)29-21-9-7-20(8-10-21)28-19(3)33)18(2)32(30-17)24-15-23(26-16-27-24)31-13-5-4-6-14-31/h7-10,15-16H,4-6,11-14H2,1-3H3,(H,28,33)(H,29,34). The van der Waals surface area contributed by atoms with E-state index in [2.05, 4.69) is 25.5 Å². The van der Waals surface area contributed by atoms with E-state index < -0.39 is 0 Å². The predicted octanol–water partition coefficient (Wildman–Crippen LogP) is 3.80. The number of hydrogen-bond acceptors (Lipinski definition) is 6. The van der Waals surface area contributed by atoms with Gasteiger partial charge in [-0.3, -0.25) is 9.59 Å². The first-order valence-electron chi connectivity index (χ1n) is 11.7. The summed E-state index contributed by atoms with van der Waals surface area (Å²) in [5.41, 5.74) is 4.30. The summed E-state index contributed by atoms with van der Waals surface area (Å²) in [5, 5.41) is 10.3. The zero-order valence-corrected chi connectivity index (χ0v) is 20.0. The molecule has 2 N–H and O–H groups in total. The smallest absolute Gasteiger partial charge is 0.224 e. The first-order valence-corrected chi connectivity index (χ1v) is 11.7. The van der Waals surface area contributed by atoms with Crippen molar-refractivity contribution < 1.29 is 9.59 Å². The van der Waals surface area contributed by atoms with E-state index in [0.717, 1.165) is 41.7 Å². The van der Waals surface area contributed by atoms with E-state index >= 15 is 0 Å². The van der Waals surface area contributed by atoms with E-state index in [1.807, 2.05) is 24.6 Å². The van der Waals surface area contributed by atoms with Crippen molar-refractivity contribution in [3.8, 4) is 5.82 Å². The third kappa shape index (κ3) is 5.59. The molecule has 0 bridgehead atoms. The van der Waals surface area contributed by atoms with Crippen LogP contribution >= 0.6 is 0 Å². The number of carbonyl (C=O) groups is 2. The molecule has 0 spiro atoms. The van der Waals surface area contributed by atoms with Gasteiger partial charge in [0.15, 0.2) is 5.82 Å². The molecule has 9 nitrogen and oxygen atoms in total. The zero-order valence-electron chi connectivity index (χ0n) is 20.0. The fraction of sp³-hybridized carbons (Fsp3) is 0.400. The van der Waals surface area contributed by atoms with Crippen LogP contribution in [0.15, 0.2) is 36.7 Å². The zero-order chi connectivity index (χ0) is 24.1. The van der Waals surface area contributed by atoms with Gasteiger partial charge in [0.05, 0.1) is 5.69 Å². The highest BCUT2D eigenvalue weighted by atomic mass is 16.2. The van der Waals surface area contributed by atoms with Gasteiger partial charge in [-0.2, -0.15) is 5.10 Å². The van der Waals surface area contributed by atoms with Gasteiger partial charge in [-0.05, 0) is 69.4 Å². The third-order valence-electron chi connectivity index (χ3n) is 6.07. The lowest BCUT2D eigenvalue weighted by molar-refractivity contribution is -0.116. The summed E-state index contributed by atoms with van der Waals surface area (Å²) >= 11 is 0. The second kappa shape index (κ2) is 10.5. The highest BCUT2D eigenvalue weighted by Gasteiger charge is 2.17. The molecule has 2 amide bonds. The molecule has 3 heterocycles. The summed E-state index contributed by atoms with van der Waals surface area (Å²) < 4.78 is 1.85. The van der Waals surface area contributed by atoms with E-state index in [9.17, 15) is 9.59 Å². The topological polar surface area (TPSA) is 105 Å². The maximum Gasteiger partial charge on any atom is 0.224 e. The molecular formula is C25H31N7O2. The van der Waals surface area contributed by atoms with Crippen LogP contribution in [0.4, 0.5) is 17.2 Å². The van der Waals surface area contributed by atoms with Crippen LogP contribution < -0.4 is 15.5 Å². The first kappa shape index (κ1) is 23.4. The summed E-state index contributed by atoms with van der Waals surface area (Å²) in [6.45, 7) is 7.47. The molecule has 0 atom stereocenters. The second-order valence-corrected chi connectivity index (χ2v) is 8.65. The van der Waals surface area contributed by atoms with Gasteiger partial charge in [-0.1, -0.05) is 0 Å². The summed E-state index contributed by atoms with van der Waals surface area (Å²) in [7, 11) is 0. The fourth-order valence-corrected chi connectivity index (χ4v) is 4.31. The monoisotopic (exact) mass is 461 g/mol. The number of anilines is 3. The van der Waals surface area contributed by atoms with Gasteiger partial charge in [0.25, 0.3) is 0 Å². The molecule has 9 heteroatoms. The maximum atomic E-state index is 12.5. The van der Waals surface area contributed by atoms with Crippen LogP contribution in [-0.2, 0) is 16.0 Å². The van der Waals surface area contributed by atoms with Gasteiger partial charge in [0.2, 0.25) is 11.8 Å². The Morgan fingerprint density at radius 2 is 1.59 bits per heavy atom. The molecular weight excluding hydrogens is 430 g/mol. The predicted molar refractivity (Wildman–Crippen MR) is 132 cm³/mol. The number of hydrogen-bond donors (Lipinski definition) is 2. The lowest BCUT2D eigenvalue weighted by atomic mass is 10.1. The molecule has 0 aliphatic carbocycles. The van der Waals surface area contributed by atoms with Crippen LogP contribution in [-0.4, -0.2) is 44.7 Å². The van der Waals surface area contributed by atoms with E-state index in [4.69, 9.17) is 5.10 Å². The molecule has 1 aliphatic rings. The molecule has 1 aromatic carbocycles. The number of amides is 2. The van der Waals surface area contributed by atoms with Gasteiger partial charge in [0, 0.05) is 49.6 Å². The largest absolute Gasteiger partial charge is 0.356 e. The van der Waals surface area contributed by atoms with Gasteiger partial charge in [-0.15, -0.1) is 0 Å². The SMILES string of the molecule is CC(=O)Nc1ccc(NC(=O)CCc2c(C)nn(-c3cc(N4CCCCC4)ncn3)c2C)cc1. The van der Waals surface area contributed by atoms with Crippen LogP contribution in [0.5, 0.6) is 0 Å².